The number of rotatable bonds is 7. The molecule has 27 heavy (non-hydrogen) atoms. The van der Waals surface area contributed by atoms with Gasteiger partial charge in [0.05, 0.1) is 12.7 Å². The van der Waals surface area contributed by atoms with E-state index in [1.807, 2.05) is 42.6 Å². The minimum atomic E-state index is -0.962. The van der Waals surface area contributed by atoms with Crippen LogP contribution < -0.4 is 9.47 Å². The first kappa shape index (κ1) is 18.7. The zero-order valence-electron chi connectivity index (χ0n) is 15.1. The number of hydrogen-bond acceptors (Lipinski definition) is 4. The van der Waals surface area contributed by atoms with Gasteiger partial charge in [-0.2, -0.15) is 0 Å². The molecule has 0 fully saturated rings. The number of benzene rings is 2. The van der Waals surface area contributed by atoms with E-state index in [-0.39, 0.29) is 5.57 Å². The second kappa shape index (κ2) is 8.56. The number of aryl methyl sites for hydroxylation is 1. The van der Waals surface area contributed by atoms with Crippen LogP contribution in [0.5, 0.6) is 11.5 Å². The Bertz CT molecular complexity index is 958. The SMILES string of the molecule is COc1cc(/C=C(\C(=O)O)c2cccs2)ccc1OCc1cccc(C)c1. The fraction of sp³-hybridized carbons (Fsp3) is 0.136. The highest BCUT2D eigenvalue weighted by Gasteiger charge is 2.13. The third kappa shape index (κ3) is 4.77. The molecule has 4 nitrogen and oxygen atoms in total. The summed E-state index contributed by atoms with van der Waals surface area (Å²) in [5, 5.41) is 11.4. The van der Waals surface area contributed by atoms with Gasteiger partial charge in [0.1, 0.15) is 6.61 Å². The first-order chi connectivity index (χ1) is 13.1. The molecular formula is C22H20O4S. The van der Waals surface area contributed by atoms with Crippen LogP contribution in [0.4, 0.5) is 0 Å². The average molecular weight is 380 g/mol. The van der Waals surface area contributed by atoms with Crippen molar-refractivity contribution in [3.8, 4) is 11.5 Å². The van der Waals surface area contributed by atoms with Crippen molar-refractivity contribution in [2.24, 2.45) is 0 Å². The largest absolute Gasteiger partial charge is 0.493 e. The molecule has 0 saturated carbocycles. The molecule has 0 saturated heterocycles. The molecule has 2 aromatic carbocycles. The van der Waals surface area contributed by atoms with Gasteiger partial charge in [-0.15, -0.1) is 11.3 Å². The van der Waals surface area contributed by atoms with Crippen molar-refractivity contribution in [3.05, 3.63) is 81.5 Å². The van der Waals surface area contributed by atoms with Gasteiger partial charge in [0.25, 0.3) is 0 Å². The summed E-state index contributed by atoms with van der Waals surface area (Å²) in [6, 6.07) is 17.2. The van der Waals surface area contributed by atoms with E-state index in [1.54, 1.807) is 31.4 Å². The summed E-state index contributed by atoms with van der Waals surface area (Å²) in [6.45, 7) is 2.47. The molecule has 0 aliphatic carbocycles. The van der Waals surface area contributed by atoms with Gasteiger partial charge in [-0.25, -0.2) is 4.79 Å². The Morgan fingerprint density at radius 3 is 2.63 bits per heavy atom. The number of methoxy groups -OCH3 is 1. The third-order valence-electron chi connectivity index (χ3n) is 3.99. The molecule has 0 aliphatic heterocycles. The second-order valence-corrected chi connectivity index (χ2v) is 6.98. The van der Waals surface area contributed by atoms with E-state index >= 15 is 0 Å². The van der Waals surface area contributed by atoms with E-state index in [9.17, 15) is 9.90 Å². The van der Waals surface area contributed by atoms with Gasteiger partial charge < -0.3 is 14.6 Å². The summed E-state index contributed by atoms with van der Waals surface area (Å²) in [7, 11) is 1.57. The van der Waals surface area contributed by atoms with Crippen molar-refractivity contribution in [2.45, 2.75) is 13.5 Å². The van der Waals surface area contributed by atoms with E-state index in [0.717, 1.165) is 11.1 Å². The Morgan fingerprint density at radius 2 is 1.96 bits per heavy atom. The van der Waals surface area contributed by atoms with Gasteiger partial charge in [0.15, 0.2) is 11.5 Å². The van der Waals surface area contributed by atoms with E-state index in [0.29, 0.717) is 23.0 Å². The van der Waals surface area contributed by atoms with Gasteiger partial charge in [0.2, 0.25) is 0 Å². The lowest BCUT2D eigenvalue weighted by atomic mass is 10.1. The maximum Gasteiger partial charge on any atom is 0.337 e. The normalized spacial score (nSPS) is 11.3. The van der Waals surface area contributed by atoms with Crippen molar-refractivity contribution in [1.82, 2.24) is 0 Å². The molecule has 0 radical (unpaired) electrons. The molecule has 0 bridgehead atoms. The average Bonchev–Trinajstić information content (AvgIpc) is 3.19. The zero-order valence-corrected chi connectivity index (χ0v) is 16.0. The molecule has 1 heterocycles. The molecule has 1 aromatic heterocycles. The maximum atomic E-state index is 11.6. The van der Waals surface area contributed by atoms with E-state index in [2.05, 4.69) is 6.07 Å². The third-order valence-corrected chi connectivity index (χ3v) is 4.90. The van der Waals surface area contributed by atoms with Crippen LogP contribution >= 0.6 is 11.3 Å². The van der Waals surface area contributed by atoms with Crippen LogP contribution in [0.25, 0.3) is 11.6 Å². The highest BCUT2D eigenvalue weighted by molar-refractivity contribution is 7.11. The lowest BCUT2D eigenvalue weighted by molar-refractivity contribution is -0.130. The molecular weight excluding hydrogens is 360 g/mol. The summed E-state index contributed by atoms with van der Waals surface area (Å²) >= 11 is 1.39. The van der Waals surface area contributed by atoms with Gasteiger partial charge in [-0.05, 0) is 47.7 Å². The van der Waals surface area contributed by atoms with Crippen molar-refractivity contribution >= 4 is 29.0 Å². The van der Waals surface area contributed by atoms with Crippen LogP contribution in [0, 0.1) is 6.92 Å². The van der Waals surface area contributed by atoms with E-state index < -0.39 is 5.97 Å². The monoisotopic (exact) mass is 380 g/mol. The minimum Gasteiger partial charge on any atom is -0.493 e. The zero-order chi connectivity index (χ0) is 19.2. The summed E-state index contributed by atoms with van der Waals surface area (Å²) in [6.07, 6.45) is 1.64. The maximum absolute atomic E-state index is 11.6. The molecule has 3 aromatic rings. The van der Waals surface area contributed by atoms with Gasteiger partial charge in [-0.3, -0.25) is 0 Å². The number of carboxylic acid groups (broad SMARTS) is 1. The quantitative estimate of drug-likeness (QED) is 0.567. The number of ether oxygens (including phenoxy) is 2. The highest BCUT2D eigenvalue weighted by atomic mass is 32.1. The van der Waals surface area contributed by atoms with Crippen LogP contribution in [0.15, 0.2) is 60.0 Å². The first-order valence-electron chi connectivity index (χ1n) is 8.42. The topological polar surface area (TPSA) is 55.8 Å². The van der Waals surface area contributed by atoms with Gasteiger partial charge >= 0.3 is 5.97 Å². The summed E-state index contributed by atoms with van der Waals surface area (Å²) in [4.78, 5) is 12.3. The summed E-state index contributed by atoms with van der Waals surface area (Å²) in [5.74, 6) is 0.215. The fourth-order valence-electron chi connectivity index (χ4n) is 2.69. The molecule has 5 heteroatoms. The fourth-order valence-corrected chi connectivity index (χ4v) is 3.43. The van der Waals surface area contributed by atoms with Crippen LogP contribution in [-0.4, -0.2) is 18.2 Å². The number of aliphatic carboxylic acids is 1. The van der Waals surface area contributed by atoms with Crippen molar-refractivity contribution in [2.75, 3.05) is 7.11 Å². The molecule has 3 rings (SSSR count). The number of hydrogen-bond donors (Lipinski definition) is 1. The standard InChI is InChI=1S/C22H20O4S/c1-15-5-3-6-17(11-15)14-26-19-9-8-16(13-20(19)25-2)12-18(22(23)24)21-7-4-10-27-21/h3-13H,14H2,1-2H3,(H,23,24)/b18-12-. The van der Waals surface area contributed by atoms with Crippen LogP contribution in [0.1, 0.15) is 21.6 Å². The number of thiophene rings is 1. The van der Waals surface area contributed by atoms with Crippen LogP contribution in [-0.2, 0) is 11.4 Å². The molecule has 0 aliphatic rings. The molecule has 0 atom stereocenters. The number of carbonyl (C=O) groups is 1. The number of carboxylic acids is 1. The Morgan fingerprint density at radius 1 is 1.11 bits per heavy atom. The van der Waals surface area contributed by atoms with Crippen molar-refractivity contribution < 1.29 is 19.4 Å². The van der Waals surface area contributed by atoms with Crippen molar-refractivity contribution in [1.29, 1.82) is 0 Å². The predicted molar refractivity (Wildman–Crippen MR) is 108 cm³/mol. The minimum absolute atomic E-state index is 0.250. The van der Waals surface area contributed by atoms with E-state index in [4.69, 9.17) is 9.47 Å². The smallest absolute Gasteiger partial charge is 0.337 e. The summed E-state index contributed by atoms with van der Waals surface area (Å²) in [5.41, 5.74) is 3.24. The summed E-state index contributed by atoms with van der Waals surface area (Å²) < 4.78 is 11.3. The molecule has 0 unspecified atom stereocenters. The second-order valence-electron chi connectivity index (χ2n) is 6.03. The van der Waals surface area contributed by atoms with E-state index in [1.165, 1.54) is 16.9 Å². The van der Waals surface area contributed by atoms with Crippen LogP contribution in [0.3, 0.4) is 0 Å². The lowest BCUT2D eigenvalue weighted by Gasteiger charge is -2.12. The molecule has 0 spiro atoms. The predicted octanol–water partition coefficient (Wildman–Crippen LogP) is 5.27. The van der Waals surface area contributed by atoms with Crippen molar-refractivity contribution in [3.63, 3.8) is 0 Å². The Labute approximate surface area is 162 Å². The van der Waals surface area contributed by atoms with Gasteiger partial charge in [0, 0.05) is 4.88 Å². The lowest BCUT2D eigenvalue weighted by Crippen LogP contribution is -1.99. The molecule has 0 amide bonds. The van der Waals surface area contributed by atoms with Gasteiger partial charge in [-0.1, -0.05) is 42.0 Å². The Hall–Kier alpha value is -3.05. The highest BCUT2D eigenvalue weighted by Crippen LogP contribution is 2.31. The van der Waals surface area contributed by atoms with Crippen LogP contribution in [0.2, 0.25) is 0 Å². The molecule has 1 N–H and O–H groups in total. The molecule has 138 valence electrons. The Kier molecular flexibility index (Phi) is 5.94. The first-order valence-corrected chi connectivity index (χ1v) is 9.30. The Balaban J connectivity index is 1.83.